The zero-order valence-corrected chi connectivity index (χ0v) is 16.0. The van der Waals surface area contributed by atoms with Gasteiger partial charge < -0.3 is 20.0 Å². The first-order valence-corrected chi connectivity index (χ1v) is 9.80. The average Bonchev–Trinajstić information content (AvgIpc) is 3.04. The molecule has 0 bridgehead atoms. The number of piperazine rings is 1. The molecule has 0 atom stereocenters. The van der Waals surface area contributed by atoms with Crippen LogP contribution >= 0.6 is 0 Å². The molecular formula is C18H30N8. The summed E-state index contributed by atoms with van der Waals surface area (Å²) >= 11 is 0. The Morgan fingerprint density at radius 2 is 1.73 bits per heavy atom. The minimum Gasteiger partial charge on any atom is -0.353 e. The van der Waals surface area contributed by atoms with Crippen LogP contribution in [0.5, 0.6) is 0 Å². The molecule has 26 heavy (non-hydrogen) atoms. The van der Waals surface area contributed by atoms with Gasteiger partial charge in [0.2, 0.25) is 5.95 Å². The molecule has 2 fully saturated rings. The summed E-state index contributed by atoms with van der Waals surface area (Å²) in [5.74, 6) is 1.73. The Balaban J connectivity index is 1.50. The first-order chi connectivity index (χ1) is 12.7. The largest absolute Gasteiger partial charge is 0.353 e. The summed E-state index contributed by atoms with van der Waals surface area (Å²) in [7, 11) is 4.12. The van der Waals surface area contributed by atoms with Gasteiger partial charge in [0, 0.05) is 46.3 Å². The molecule has 0 radical (unpaired) electrons. The first kappa shape index (κ1) is 17.5. The van der Waals surface area contributed by atoms with Crippen molar-refractivity contribution in [3.8, 4) is 0 Å². The second-order valence-corrected chi connectivity index (χ2v) is 7.50. The number of nitrogens with one attached hydrogen (secondary N) is 1. The van der Waals surface area contributed by atoms with Crippen molar-refractivity contribution < 1.29 is 0 Å². The fourth-order valence-electron chi connectivity index (χ4n) is 3.85. The van der Waals surface area contributed by atoms with E-state index < -0.39 is 0 Å². The molecule has 0 saturated carbocycles. The number of hydrogen-bond acceptors (Lipinski definition) is 7. The van der Waals surface area contributed by atoms with E-state index in [1.54, 1.807) is 0 Å². The van der Waals surface area contributed by atoms with Gasteiger partial charge in [0.05, 0.1) is 11.6 Å². The van der Waals surface area contributed by atoms with Crippen LogP contribution in [0.4, 0.5) is 11.8 Å². The Bertz CT molecular complexity index is 728. The third kappa shape index (κ3) is 3.76. The number of piperidine rings is 1. The first-order valence-electron chi connectivity index (χ1n) is 9.80. The number of anilines is 2. The zero-order chi connectivity index (χ0) is 17.9. The van der Waals surface area contributed by atoms with Gasteiger partial charge in [-0.25, -0.2) is 0 Å². The van der Waals surface area contributed by atoms with E-state index in [9.17, 15) is 0 Å². The molecule has 0 unspecified atom stereocenters. The molecule has 8 nitrogen and oxygen atoms in total. The summed E-state index contributed by atoms with van der Waals surface area (Å²) in [6.07, 6.45) is 5.91. The van der Waals surface area contributed by atoms with Crippen molar-refractivity contribution in [2.45, 2.75) is 19.3 Å². The molecule has 2 aromatic rings. The molecule has 2 aliphatic rings. The minimum absolute atomic E-state index is 0.715. The van der Waals surface area contributed by atoms with Crippen LogP contribution in [-0.2, 0) is 7.05 Å². The van der Waals surface area contributed by atoms with Gasteiger partial charge in [-0.05, 0) is 33.0 Å². The standard InChI is InChI=1S/C18H30N8/c1-23-10-12-26(13-11-23)17-15-14-20-24(2)16(15)21-18(22-17)19-6-9-25-7-4-3-5-8-25/h14H,3-13H2,1-2H3,(H,19,21,22). The summed E-state index contributed by atoms with van der Waals surface area (Å²) in [6, 6.07) is 0. The lowest BCUT2D eigenvalue weighted by molar-refractivity contribution is 0.237. The summed E-state index contributed by atoms with van der Waals surface area (Å²) in [5.41, 5.74) is 0.898. The fourth-order valence-corrected chi connectivity index (χ4v) is 3.85. The molecule has 0 aliphatic carbocycles. The van der Waals surface area contributed by atoms with Gasteiger partial charge in [-0.15, -0.1) is 0 Å². The number of rotatable bonds is 5. The molecule has 2 aliphatic heterocycles. The van der Waals surface area contributed by atoms with Crippen molar-refractivity contribution in [2.24, 2.45) is 7.05 Å². The van der Waals surface area contributed by atoms with E-state index >= 15 is 0 Å². The van der Waals surface area contributed by atoms with Gasteiger partial charge in [0.1, 0.15) is 5.82 Å². The van der Waals surface area contributed by atoms with Crippen LogP contribution in [0.15, 0.2) is 6.20 Å². The van der Waals surface area contributed by atoms with E-state index in [-0.39, 0.29) is 0 Å². The predicted molar refractivity (Wildman–Crippen MR) is 105 cm³/mol. The lowest BCUT2D eigenvalue weighted by Gasteiger charge is -2.33. The molecule has 0 spiro atoms. The maximum atomic E-state index is 4.86. The molecule has 0 amide bonds. The highest BCUT2D eigenvalue weighted by molar-refractivity contribution is 5.88. The van der Waals surface area contributed by atoms with Gasteiger partial charge in [0.15, 0.2) is 5.65 Å². The van der Waals surface area contributed by atoms with Crippen LogP contribution in [0.2, 0.25) is 0 Å². The summed E-state index contributed by atoms with van der Waals surface area (Å²) in [4.78, 5) is 16.8. The number of aromatic nitrogens is 4. The topological polar surface area (TPSA) is 65.3 Å². The lowest BCUT2D eigenvalue weighted by atomic mass is 10.1. The third-order valence-electron chi connectivity index (χ3n) is 5.53. The highest BCUT2D eigenvalue weighted by Gasteiger charge is 2.21. The van der Waals surface area contributed by atoms with Crippen LogP contribution < -0.4 is 10.2 Å². The molecule has 4 heterocycles. The Morgan fingerprint density at radius 3 is 2.50 bits per heavy atom. The number of hydrogen-bond donors (Lipinski definition) is 1. The van der Waals surface area contributed by atoms with Crippen LogP contribution in [0.3, 0.4) is 0 Å². The maximum absolute atomic E-state index is 4.86. The fraction of sp³-hybridized carbons (Fsp3) is 0.722. The van der Waals surface area contributed by atoms with Crippen molar-refractivity contribution >= 4 is 22.8 Å². The van der Waals surface area contributed by atoms with Crippen molar-refractivity contribution in [3.63, 3.8) is 0 Å². The van der Waals surface area contributed by atoms with Crippen LogP contribution in [0, 0.1) is 0 Å². The predicted octanol–water partition coefficient (Wildman–Crippen LogP) is 1.01. The third-order valence-corrected chi connectivity index (χ3v) is 5.53. The van der Waals surface area contributed by atoms with Crippen molar-refractivity contribution in [2.75, 3.05) is 69.6 Å². The summed E-state index contributed by atoms with van der Waals surface area (Å²) in [6.45, 7) is 8.47. The summed E-state index contributed by atoms with van der Waals surface area (Å²) in [5, 5.41) is 8.89. The van der Waals surface area contributed by atoms with Crippen molar-refractivity contribution in [1.82, 2.24) is 29.5 Å². The van der Waals surface area contributed by atoms with E-state index in [0.717, 1.165) is 56.1 Å². The number of likely N-dealkylation sites (tertiary alicyclic amines) is 1. The van der Waals surface area contributed by atoms with Gasteiger partial charge >= 0.3 is 0 Å². The molecule has 2 saturated heterocycles. The van der Waals surface area contributed by atoms with Crippen LogP contribution in [0.25, 0.3) is 11.0 Å². The minimum atomic E-state index is 0.715. The molecule has 142 valence electrons. The normalized spacial score (nSPS) is 20.0. The number of aryl methyl sites for hydroxylation is 1. The molecule has 8 heteroatoms. The second-order valence-electron chi connectivity index (χ2n) is 7.50. The zero-order valence-electron chi connectivity index (χ0n) is 16.0. The number of fused-ring (bicyclic) bond motifs is 1. The van der Waals surface area contributed by atoms with Gasteiger partial charge in [-0.2, -0.15) is 15.1 Å². The molecule has 0 aromatic carbocycles. The van der Waals surface area contributed by atoms with Gasteiger partial charge in [0.25, 0.3) is 0 Å². The van der Waals surface area contributed by atoms with E-state index in [0.29, 0.717) is 5.95 Å². The number of likely N-dealkylation sites (N-methyl/N-ethyl adjacent to an activating group) is 1. The maximum Gasteiger partial charge on any atom is 0.226 e. The quantitative estimate of drug-likeness (QED) is 0.856. The van der Waals surface area contributed by atoms with Crippen LogP contribution in [0.1, 0.15) is 19.3 Å². The monoisotopic (exact) mass is 358 g/mol. The van der Waals surface area contributed by atoms with E-state index in [4.69, 9.17) is 9.97 Å². The Labute approximate surface area is 155 Å². The summed E-state index contributed by atoms with van der Waals surface area (Å²) < 4.78 is 1.84. The average molecular weight is 358 g/mol. The van der Waals surface area contributed by atoms with E-state index in [2.05, 4.69) is 32.2 Å². The Morgan fingerprint density at radius 1 is 0.962 bits per heavy atom. The van der Waals surface area contributed by atoms with Crippen molar-refractivity contribution in [1.29, 1.82) is 0 Å². The Hall–Kier alpha value is -1.93. The van der Waals surface area contributed by atoms with Gasteiger partial charge in [-0.1, -0.05) is 6.42 Å². The SMILES string of the molecule is CN1CCN(c2nc(NCCN3CCCCC3)nc3c2cnn3C)CC1. The van der Waals surface area contributed by atoms with E-state index in [1.807, 2.05) is 17.9 Å². The smallest absolute Gasteiger partial charge is 0.226 e. The van der Waals surface area contributed by atoms with Crippen LogP contribution in [-0.4, -0.2) is 89.0 Å². The molecule has 1 N–H and O–H groups in total. The molecule has 4 rings (SSSR count). The van der Waals surface area contributed by atoms with E-state index in [1.165, 1.54) is 32.4 Å². The lowest BCUT2D eigenvalue weighted by Crippen LogP contribution is -2.45. The highest BCUT2D eigenvalue weighted by Crippen LogP contribution is 2.25. The van der Waals surface area contributed by atoms with Crippen molar-refractivity contribution in [3.05, 3.63) is 6.20 Å². The molecule has 2 aromatic heterocycles. The van der Waals surface area contributed by atoms with Gasteiger partial charge in [-0.3, -0.25) is 4.68 Å². The number of nitrogens with zero attached hydrogens (tertiary/aromatic N) is 7. The Kier molecular flexibility index (Phi) is 5.21. The molecular weight excluding hydrogens is 328 g/mol. The second kappa shape index (κ2) is 7.75. The highest BCUT2D eigenvalue weighted by atomic mass is 15.3.